The summed E-state index contributed by atoms with van der Waals surface area (Å²) < 4.78 is 5.09. The summed E-state index contributed by atoms with van der Waals surface area (Å²) in [6, 6.07) is 0. The van der Waals surface area contributed by atoms with Gasteiger partial charge in [-0.15, -0.1) is 0 Å². The summed E-state index contributed by atoms with van der Waals surface area (Å²) in [6.07, 6.45) is 3.30. The van der Waals surface area contributed by atoms with Gasteiger partial charge in [0.1, 0.15) is 6.10 Å². The molecule has 2 heteroatoms. The largest absolute Gasteiger partial charge is 0.459 e. The molecule has 0 radical (unpaired) electrons. The van der Waals surface area contributed by atoms with Gasteiger partial charge in [-0.3, -0.25) is 0 Å². The fourth-order valence-corrected chi connectivity index (χ4v) is 1.28. The third kappa shape index (κ3) is 3.56. The van der Waals surface area contributed by atoms with E-state index in [1.54, 1.807) is 0 Å². The van der Waals surface area contributed by atoms with E-state index < -0.39 is 0 Å². The third-order valence-corrected chi connectivity index (χ3v) is 2.18. The Morgan fingerprint density at radius 1 is 1.50 bits per heavy atom. The first-order valence-electron chi connectivity index (χ1n) is 4.48. The molecule has 0 aliphatic rings. The summed E-state index contributed by atoms with van der Waals surface area (Å²) in [6.45, 7) is 9.49. The van der Waals surface area contributed by atoms with Crippen molar-refractivity contribution < 1.29 is 9.53 Å². The minimum Gasteiger partial charge on any atom is -0.459 e. The van der Waals surface area contributed by atoms with E-state index in [9.17, 15) is 4.79 Å². The first-order chi connectivity index (χ1) is 5.65. The molecule has 0 amide bonds. The van der Waals surface area contributed by atoms with Gasteiger partial charge in [-0.1, -0.05) is 20.4 Å². The maximum atomic E-state index is 10.8. The van der Waals surface area contributed by atoms with Crippen LogP contribution in [-0.2, 0) is 9.53 Å². The fraction of sp³-hybridized carbons (Fsp3) is 0.700. The summed E-state index contributed by atoms with van der Waals surface area (Å²) in [5.74, 6) is 0.142. The van der Waals surface area contributed by atoms with Gasteiger partial charge < -0.3 is 4.74 Å². The minimum absolute atomic E-state index is 0.00509. The van der Waals surface area contributed by atoms with Gasteiger partial charge in [0, 0.05) is 6.08 Å². The summed E-state index contributed by atoms with van der Waals surface area (Å²) in [5.41, 5.74) is 0. The Bertz CT molecular complexity index is 148. The molecule has 0 saturated heterocycles. The van der Waals surface area contributed by atoms with Gasteiger partial charge in [0.15, 0.2) is 0 Å². The molecule has 0 saturated carbocycles. The SMILES string of the molecule is C=CC(=O)OC(C)C(CC)CC. The van der Waals surface area contributed by atoms with Gasteiger partial charge in [-0.2, -0.15) is 0 Å². The Morgan fingerprint density at radius 3 is 2.33 bits per heavy atom. The molecule has 0 fully saturated rings. The molecular formula is C10H18O2. The molecule has 0 rings (SSSR count). The molecule has 0 aromatic rings. The van der Waals surface area contributed by atoms with Crippen molar-refractivity contribution in [1.82, 2.24) is 0 Å². The van der Waals surface area contributed by atoms with E-state index in [0.29, 0.717) is 5.92 Å². The molecular weight excluding hydrogens is 152 g/mol. The van der Waals surface area contributed by atoms with Gasteiger partial charge >= 0.3 is 5.97 Å². The highest BCUT2D eigenvalue weighted by atomic mass is 16.5. The number of ether oxygens (including phenoxy) is 1. The van der Waals surface area contributed by atoms with Crippen LogP contribution in [0.3, 0.4) is 0 Å². The van der Waals surface area contributed by atoms with Gasteiger partial charge in [0.05, 0.1) is 0 Å². The van der Waals surface area contributed by atoms with Crippen LogP contribution in [0, 0.1) is 5.92 Å². The Balaban J connectivity index is 3.91. The highest BCUT2D eigenvalue weighted by Crippen LogP contribution is 2.15. The van der Waals surface area contributed by atoms with Crippen LogP contribution in [0.25, 0.3) is 0 Å². The number of esters is 1. The normalized spacial score (nSPS) is 12.7. The van der Waals surface area contributed by atoms with Crippen LogP contribution in [0.4, 0.5) is 0 Å². The smallest absolute Gasteiger partial charge is 0.330 e. The van der Waals surface area contributed by atoms with Crippen LogP contribution in [0.15, 0.2) is 12.7 Å². The first kappa shape index (κ1) is 11.2. The van der Waals surface area contributed by atoms with Crippen molar-refractivity contribution in [1.29, 1.82) is 0 Å². The van der Waals surface area contributed by atoms with Gasteiger partial charge in [0.2, 0.25) is 0 Å². The highest BCUT2D eigenvalue weighted by molar-refractivity contribution is 5.81. The van der Waals surface area contributed by atoms with Crippen molar-refractivity contribution in [3.63, 3.8) is 0 Å². The second-order valence-corrected chi connectivity index (χ2v) is 2.92. The van der Waals surface area contributed by atoms with Crippen LogP contribution in [0.1, 0.15) is 33.6 Å². The number of hydrogen-bond acceptors (Lipinski definition) is 2. The molecule has 12 heavy (non-hydrogen) atoms. The first-order valence-corrected chi connectivity index (χ1v) is 4.48. The van der Waals surface area contributed by atoms with Crippen molar-refractivity contribution in [2.24, 2.45) is 5.92 Å². The molecule has 0 heterocycles. The van der Waals surface area contributed by atoms with E-state index >= 15 is 0 Å². The standard InChI is InChI=1S/C10H18O2/c1-5-9(6-2)8(4)12-10(11)7-3/h7-9H,3,5-6H2,1-2,4H3. The van der Waals surface area contributed by atoms with Gasteiger partial charge in [-0.05, 0) is 25.7 Å². The van der Waals surface area contributed by atoms with Crippen molar-refractivity contribution >= 4 is 5.97 Å². The van der Waals surface area contributed by atoms with Crippen molar-refractivity contribution in [3.05, 3.63) is 12.7 Å². The summed E-state index contributed by atoms with van der Waals surface area (Å²) in [5, 5.41) is 0. The fourth-order valence-electron chi connectivity index (χ4n) is 1.28. The quantitative estimate of drug-likeness (QED) is 0.468. The lowest BCUT2D eigenvalue weighted by Crippen LogP contribution is -2.22. The molecule has 0 spiro atoms. The van der Waals surface area contributed by atoms with Crippen LogP contribution in [0.2, 0.25) is 0 Å². The molecule has 70 valence electrons. The number of rotatable bonds is 5. The maximum Gasteiger partial charge on any atom is 0.330 e. The van der Waals surface area contributed by atoms with Crippen LogP contribution < -0.4 is 0 Å². The second kappa shape index (κ2) is 5.81. The third-order valence-electron chi connectivity index (χ3n) is 2.18. The molecule has 1 atom stereocenters. The molecule has 0 aromatic heterocycles. The van der Waals surface area contributed by atoms with E-state index in [-0.39, 0.29) is 12.1 Å². The van der Waals surface area contributed by atoms with Gasteiger partial charge in [-0.25, -0.2) is 4.79 Å². The van der Waals surface area contributed by atoms with Gasteiger partial charge in [0.25, 0.3) is 0 Å². The zero-order valence-corrected chi connectivity index (χ0v) is 8.17. The molecule has 0 aromatic carbocycles. The molecule has 0 aliphatic carbocycles. The number of carbonyl (C=O) groups is 1. The summed E-state index contributed by atoms with van der Waals surface area (Å²) >= 11 is 0. The lowest BCUT2D eigenvalue weighted by atomic mass is 9.98. The molecule has 1 unspecified atom stereocenters. The Hall–Kier alpha value is -0.790. The lowest BCUT2D eigenvalue weighted by molar-refractivity contribution is -0.144. The monoisotopic (exact) mass is 170 g/mol. The molecule has 2 nitrogen and oxygen atoms in total. The van der Waals surface area contributed by atoms with Crippen molar-refractivity contribution in [3.8, 4) is 0 Å². The zero-order chi connectivity index (χ0) is 9.56. The molecule has 0 bridgehead atoms. The van der Waals surface area contributed by atoms with E-state index in [0.717, 1.165) is 12.8 Å². The topological polar surface area (TPSA) is 26.3 Å². The van der Waals surface area contributed by atoms with E-state index in [1.807, 2.05) is 6.92 Å². The summed E-state index contributed by atoms with van der Waals surface area (Å²) in [7, 11) is 0. The predicted octanol–water partition coefficient (Wildman–Crippen LogP) is 2.54. The predicted molar refractivity (Wildman–Crippen MR) is 49.8 cm³/mol. The summed E-state index contributed by atoms with van der Waals surface area (Å²) in [4.78, 5) is 10.8. The highest BCUT2D eigenvalue weighted by Gasteiger charge is 2.15. The zero-order valence-electron chi connectivity index (χ0n) is 8.17. The Morgan fingerprint density at radius 2 is 2.00 bits per heavy atom. The maximum absolute atomic E-state index is 10.8. The molecule has 0 aliphatic heterocycles. The Kier molecular flexibility index (Phi) is 5.43. The van der Waals surface area contributed by atoms with Crippen molar-refractivity contribution in [2.45, 2.75) is 39.7 Å². The van der Waals surface area contributed by atoms with Crippen LogP contribution >= 0.6 is 0 Å². The van der Waals surface area contributed by atoms with E-state index in [4.69, 9.17) is 4.74 Å². The van der Waals surface area contributed by atoms with Crippen molar-refractivity contribution in [2.75, 3.05) is 0 Å². The van der Waals surface area contributed by atoms with Crippen LogP contribution in [0.5, 0.6) is 0 Å². The lowest BCUT2D eigenvalue weighted by Gasteiger charge is -2.20. The Labute approximate surface area is 74.6 Å². The minimum atomic E-state index is -0.325. The number of hydrogen-bond donors (Lipinski definition) is 0. The average molecular weight is 170 g/mol. The second-order valence-electron chi connectivity index (χ2n) is 2.92. The molecule has 0 N–H and O–H groups in total. The number of carbonyl (C=O) groups excluding carboxylic acids is 1. The van der Waals surface area contributed by atoms with E-state index in [2.05, 4.69) is 20.4 Å². The average Bonchev–Trinajstić information content (AvgIpc) is 2.06. The van der Waals surface area contributed by atoms with E-state index in [1.165, 1.54) is 6.08 Å². The van der Waals surface area contributed by atoms with Crippen LogP contribution in [-0.4, -0.2) is 12.1 Å².